The van der Waals surface area contributed by atoms with Crippen molar-refractivity contribution in [2.45, 2.75) is 60.3 Å². The largest absolute Gasteiger partial charge is 0.346 e. The molecule has 0 fully saturated rings. The van der Waals surface area contributed by atoms with Gasteiger partial charge in [-0.15, -0.1) is 0 Å². The number of Topliss-reactive ketones (excluding diaryl/α,β-unsaturated/α-hetero) is 1. The van der Waals surface area contributed by atoms with Gasteiger partial charge in [0.05, 0.1) is 26.4 Å². The van der Waals surface area contributed by atoms with Gasteiger partial charge in [0.15, 0.2) is 5.40 Å². The van der Waals surface area contributed by atoms with Crippen LogP contribution in [0.5, 0.6) is 0 Å². The number of carbonyl (C=O) groups excluding carboxylic acids is 1. The fourth-order valence-corrected chi connectivity index (χ4v) is 7.25. The van der Waals surface area contributed by atoms with Crippen LogP contribution in [0.1, 0.15) is 54.9 Å². The van der Waals surface area contributed by atoms with Gasteiger partial charge in [0, 0.05) is 11.8 Å². The molecule has 0 aromatic heterocycles. The van der Waals surface area contributed by atoms with Crippen molar-refractivity contribution in [3.05, 3.63) is 0 Å². The van der Waals surface area contributed by atoms with Crippen LogP contribution in [0.15, 0.2) is 0 Å². The van der Waals surface area contributed by atoms with Crippen LogP contribution in [0.25, 0.3) is 0 Å². The van der Waals surface area contributed by atoms with Crippen molar-refractivity contribution in [1.29, 1.82) is 0 Å². The van der Waals surface area contributed by atoms with E-state index >= 15 is 0 Å². The second-order valence-electron chi connectivity index (χ2n) is 6.11. The Morgan fingerprint density at radius 1 is 0.792 bits per heavy atom. The first kappa shape index (κ1) is 24.0. The monoisotopic (exact) mass is 386 g/mol. The fourth-order valence-electron chi connectivity index (χ4n) is 2.01. The molecule has 0 aliphatic heterocycles. The Morgan fingerprint density at radius 2 is 1.08 bits per heavy atom. The molecule has 9 heteroatoms. The molecule has 0 saturated heterocycles. The molecule has 144 valence electrons. The topological polar surface area (TPSA) is 88.1 Å². The van der Waals surface area contributed by atoms with Crippen LogP contribution in [0.4, 0.5) is 0 Å². The van der Waals surface area contributed by atoms with Crippen molar-refractivity contribution in [3.63, 3.8) is 0 Å². The van der Waals surface area contributed by atoms with Gasteiger partial charge in [0.2, 0.25) is 0 Å². The van der Waals surface area contributed by atoms with Gasteiger partial charge in [-0.2, -0.15) is 0 Å². The minimum atomic E-state index is -3.87. The molecule has 0 aromatic rings. The normalized spacial score (nSPS) is 13.5. The maximum absolute atomic E-state index is 13.2. The van der Waals surface area contributed by atoms with Crippen molar-refractivity contribution in [2.75, 3.05) is 26.4 Å². The van der Waals surface area contributed by atoms with Gasteiger partial charge in [-0.25, -0.2) is 0 Å². The zero-order valence-electron chi connectivity index (χ0n) is 15.9. The molecular weight excluding hydrogens is 354 g/mol. The van der Waals surface area contributed by atoms with Crippen molar-refractivity contribution in [2.24, 2.45) is 5.41 Å². The van der Waals surface area contributed by atoms with Gasteiger partial charge in [-0.3, -0.25) is 13.9 Å². The molecule has 0 radical (unpaired) electrons. The molecule has 0 bridgehead atoms. The van der Waals surface area contributed by atoms with Gasteiger partial charge < -0.3 is 18.1 Å². The Balaban J connectivity index is 6.01. The molecule has 0 atom stereocenters. The Labute approximate surface area is 145 Å². The Morgan fingerprint density at radius 3 is 1.29 bits per heavy atom. The molecule has 7 nitrogen and oxygen atoms in total. The van der Waals surface area contributed by atoms with E-state index in [1.165, 1.54) is 0 Å². The van der Waals surface area contributed by atoms with E-state index in [4.69, 9.17) is 18.1 Å². The summed E-state index contributed by atoms with van der Waals surface area (Å²) in [5, 5.41) is -1.28. The first-order valence-electron chi connectivity index (χ1n) is 8.31. The molecule has 0 saturated carbocycles. The Hall–Kier alpha value is -0.0300. The van der Waals surface area contributed by atoms with Gasteiger partial charge >= 0.3 is 15.2 Å². The van der Waals surface area contributed by atoms with Crippen LogP contribution in [-0.2, 0) is 32.0 Å². The zero-order valence-corrected chi connectivity index (χ0v) is 17.7. The average Bonchev–Trinajstić information content (AvgIpc) is 2.44. The zero-order chi connectivity index (χ0) is 19.0. The molecule has 0 aromatic carbocycles. The molecular formula is C15H32O7P2. The first-order valence-corrected chi connectivity index (χ1v) is 11.5. The van der Waals surface area contributed by atoms with Gasteiger partial charge in [0.1, 0.15) is 5.78 Å². The fraction of sp³-hybridized carbons (Fsp3) is 0.933. The lowest BCUT2D eigenvalue weighted by Crippen LogP contribution is -2.27. The quantitative estimate of drug-likeness (QED) is 0.443. The van der Waals surface area contributed by atoms with E-state index in [1.807, 2.05) is 0 Å². The van der Waals surface area contributed by atoms with Crippen LogP contribution in [0.3, 0.4) is 0 Å². The SMILES string of the molecule is CCOP(=O)(OCC)C(CC(=O)C(C)(C)C)P(=O)(OCC)OCC. The Kier molecular flexibility index (Phi) is 10.2. The van der Waals surface area contributed by atoms with E-state index in [9.17, 15) is 13.9 Å². The predicted octanol–water partition coefficient (Wildman–Crippen LogP) is 4.85. The average molecular weight is 386 g/mol. The molecule has 0 aliphatic carbocycles. The van der Waals surface area contributed by atoms with Crippen LogP contribution < -0.4 is 0 Å². The summed E-state index contributed by atoms with van der Waals surface area (Å²) in [7, 11) is -7.74. The van der Waals surface area contributed by atoms with Crippen LogP contribution >= 0.6 is 15.2 Å². The summed E-state index contributed by atoms with van der Waals surface area (Å²) >= 11 is 0. The number of hydrogen-bond acceptors (Lipinski definition) is 7. The van der Waals surface area contributed by atoms with E-state index < -0.39 is 26.0 Å². The lowest BCUT2D eigenvalue weighted by molar-refractivity contribution is -0.126. The van der Waals surface area contributed by atoms with Crippen LogP contribution in [0, 0.1) is 5.41 Å². The maximum atomic E-state index is 13.2. The van der Waals surface area contributed by atoms with Crippen molar-refractivity contribution in [3.8, 4) is 0 Å². The highest BCUT2D eigenvalue weighted by molar-refractivity contribution is 7.72. The van der Waals surface area contributed by atoms with Gasteiger partial charge in [-0.1, -0.05) is 20.8 Å². The van der Waals surface area contributed by atoms with Crippen molar-refractivity contribution in [1.82, 2.24) is 0 Å². The summed E-state index contributed by atoms with van der Waals surface area (Å²) < 4.78 is 47.8. The van der Waals surface area contributed by atoms with E-state index in [0.717, 1.165) is 0 Å². The number of hydrogen-bond donors (Lipinski definition) is 0. The third-order valence-corrected chi connectivity index (χ3v) is 9.17. The summed E-state index contributed by atoms with van der Waals surface area (Å²) in [4.78, 5) is 12.5. The van der Waals surface area contributed by atoms with Crippen molar-refractivity contribution < 1.29 is 32.0 Å². The molecule has 24 heavy (non-hydrogen) atoms. The number of rotatable bonds is 12. The number of ketones is 1. The predicted molar refractivity (Wildman–Crippen MR) is 94.6 cm³/mol. The highest BCUT2D eigenvalue weighted by atomic mass is 31.2. The van der Waals surface area contributed by atoms with E-state index in [1.54, 1.807) is 48.5 Å². The third kappa shape index (κ3) is 6.70. The molecule has 0 rings (SSSR count). The van der Waals surface area contributed by atoms with Gasteiger partial charge in [0.25, 0.3) is 0 Å². The van der Waals surface area contributed by atoms with Crippen LogP contribution in [0.2, 0.25) is 0 Å². The molecule has 0 heterocycles. The van der Waals surface area contributed by atoms with Gasteiger partial charge in [-0.05, 0) is 27.7 Å². The first-order chi connectivity index (χ1) is 11.0. The highest BCUT2D eigenvalue weighted by Gasteiger charge is 2.52. The van der Waals surface area contributed by atoms with E-state index in [-0.39, 0.29) is 38.6 Å². The number of carbonyl (C=O) groups is 1. The summed E-state index contributed by atoms with van der Waals surface area (Å²) in [6.45, 7) is 12.2. The minimum absolute atomic E-state index is 0.0930. The molecule has 0 aliphatic rings. The lowest BCUT2D eigenvalue weighted by Gasteiger charge is -2.32. The summed E-state index contributed by atoms with van der Waals surface area (Å²) in [5.41, 5.74) is -0.690. The second kappa shape index (κ2) is 10.2. The van der Waals surface area contributed by atoms with Crippen LogP contribution in [-0.4, -0.2) is 37.6 Å². The maximum Gasteiger partial charge on any atom is 0.346 e. The highest BCUT2D eigenvalue weighted by Crippen LogP contribution is 2.71. The summed E-state index contributed by atoms with van der Waals surface area (Å²) in [6, 6.07) is 0. The molecule has 0 unspecified atom stereocenters. The summed E-state index contributed by atoms with van der Waals surface area (Å²) in [5.74, 6) is -0.216. The molecule has 0 N–H and O–H groups in total. The lowest BCUT2D eigenvalue weighted by atomic mass is 9.89. The third-order valence-electron chi connectivity index (χ3n) is 3.17. The standard InChI is InChI=1S/C15H32O7P2/c1-8-19-23(17,20-9-2)14(12-13(16)15(5,6)7)24(18,21-10-3)22-11-4/h14H,8-12H2,1-7H3. The Bertz CT molecular complexity index is 435. The van der Waals surface area contributed by atoms with E-state index in [0.29, 0.717) is 0 Å². The molecule has 0 spiro atoms. The molecule has 0 amide bonds. The minimum Gasteiger partial charge on any atom is -0.308 e. The summed E-state index contributed by atoms with van der Waals surface area (Å²) in [6.07, 6.45) is -0.266. The van der Waals surface area contributed by atoms with Crippen molar-refractivity contribution >= 4 is 21.0 Å². The second-order valence-corrected chi connectivity index (χ2v) is 11.0. The van der Waals surface area contributed by atoms with E-state index in [2.05, 4.69) is 0 Å². The smallest absolute Gasteiger partial charge is 0.308 e.